The highest BCUT2D eigenvalue weighted by atomic mass is 19.1. The van der Waals surface area contributed by atoms with Gasteiger partial charge in [-0.25, -0.2) is 4.39 Å². The molecule has 0 radical (unpaired) electrons. The standard InChI is InChI=1S/C23H27FO3/c1-15(19-9-10-21(24)22(14-19)27-2)11-17-5-8-20(12-17)18-6-3-16(4-7-18)13-23(25)26/h3-4,6-7,9-10,14-15,17,20H,5,8,11-13H2,1-2H3,(H,25,26)/t15-,17+,20+/m0/s1. The van der Waals surface area contributed by atoms with E-state index in [1.54, 1.807) is 0 Å². The molecule has 4 heteroatoms. The molecule has 3 rings (SSSR count). The highest BCUT2D eigenvalue weighted by Crippen LogP contribution is 2.42. The Labute approximate surface area is 160 Å². The average molecular weight is 370 g/mol. The van der Waals surface area contributed by atoms with Crippen molar-refractivity contribution in [2.75, 3.05) is 7.11 Å². The third-order valence-corrected chi connectivity index (χ3v) is 5.78. The summed E-state index contributed by atoms with van der Waals surface area (Å²) in [5.74, 6) is 0.755. The van der Waals surface area contributed by atoms with Crippen molar-refractivity contribution in [1.82, 2.24) is 0 Å². The lowest BCUT2D eigenvalue weighted by molar-refractivity contribution is -0.136. The molecule has 0 amide bonds. The van der Waals surface area contributed by atoms with E-state index in [0.717, 1.165) is 24.0 Å². The molecule has 0 saturated heterocycles. The summed E-state index contributed by atoms with van der Waals surface area (Å²) in [6, 6.07) is 13.2. The number of rotatable bonds is 7. The monoisotopic (exact) mass is 370 g/mol. The van der Waals surface area contributed by atoms with Crippen molar-refractivity contribution in [3.05, 3.63) is 65.0 Å². The number of carbonyl (C=O) groups is 1. The lowest BCUT2D eigenvalue weighted by Crippen LogP contribution is -2.04. The molecule has 0 bridgehead atoms. The van der Waals surface area contributed by atoms with Gasteiger partial charge in [0.1, 0.15) is 0 Å². The van der Waals surface area contributed by atoms with Crippen molar-refractivity contribution in [3.8, 4) is 5.75 Å². The summed E-state index contributed by atoms with van der Waals surface area (Å²) < 4.78 is 18.7. The smallest absolute Gasteiger partial charge is 0.307 e. The minimum absolute atomic E-state index is 0.0756. The van der Waals surface area contributed by atoms with Gasteiger partial charge in [-0.05, 0) is 72.3 Å². The summed E-state index contributed by atoms with van der Waals surface area (Å²) in [5, 5.41) is 8.88. The van der Waals surface area contributed by atoms with Crippen molar-refractivity contribution in [3.63, 3.8) is 0 Å². The molecule has 0 unspecified atom stereocenters. The fourth-order valence-electron chi connectivity index (χ4n) is 4.29. The number of carboxylic acid groups (broad SMARTS) is 1. The zero-order chi connectivity index (χ0) is 19.4. The summed E-state index contributed by atoms with van der Waals surface area (Å²) >= 11 is 0. The molecule has 0 aliphatic heterocycles. The Balaban J connectivity index is 1.58. The van der Waals surface area contributed by atoms with Gasteiger partial charge in [-0.15, -0.1) is 0 Å². The Kier molecular flexibility index (Phi) is 6.15. The Morgan fingerprint density at radius 2 is 1.96 bits per heavy atom. The molecule has 27 heavy (non-hydrogen) atoms. The minimum atomic E-state index is -0.796. The van der Waals surface area contributed by atoms with Crippen LogP contribution in [-0.4, -0.2) is 18.2 Å². The predicted octanol–water partition coefficient (Wildman–Crippen LogP) is 5.54. The van der Waals surface area contributed by atoms with Crippen LogP contribution in [0.2, 0.25) is 0 Å². The van der Waals surface area contributed by atoms with E-state index in [2.05, 4.69) is 19.1 Å². The van der Waals surface area contributed by atoms with Gasteiger partial charge in [0.05, 0.1) is 13.5 Å². The molecule has 2 aromatic rings. The third kappa shape index (κ3) is 4.88. The van der Waals surface area contributed by atoms with Crippen LogP contribution >= 0.6 is 0 Å². The maximum atomic E-state index is 13.6. The van der Waals surface area contributed by atoms with Gasteiger partial charge in [-0.3, -0.25) is 4.79 Å². The second kappa shape index (κ2) is 8.55. The number of methoxy groups -OCH3 is 1. The van der Waals surface area contributed by atoms with Crippen molar-refractivity contribution in [2.45, 2.75) is 50.9 Å². The lowest BCUT2D eigenvalue weighted by atomic mass is 9.88. The molecular formula is C23H27FO3. The number of carboxylic acids is 1. The van der Waals surface area contributed by atoms with Gasteiger partial charge in [0, 0.05) is 0 Å². The van der Waals surface area contributed by atoms with Gasteiger partial charge in [-0.2, -0.15) is 0 Å². The first-order valence-corrected chi connectivity index (χ1v) is 9.60. The van der Waals surface area contributed by atoms with Crippen molar-refractivity contribution < 1.29 is 19.0 Å². The highest BCUT2D eigenvalue weighted by Gasteiger charge is 2.27. The van der Waals surface area contributed by atoms with E-state index < -0.39 is 5.97 Å². The molecule has 0 heterocycles. The SMILES string of the molecule is COc1cc([C@@H](C)C[C@H]2CC[C@@H](c3ccc(CC(=O)O)cc3)C2)ccc1F. The second-order valence-corrected chi connectivity index (χ2v) is 7.72. The molecule has 144 valence electrons. The van der Waals surface area contributed by atoms with Gasteiger partial charge >= 0.3 is 5.97 Å². The van der Waals surface area contributed by atoms with E-state index in [0.29, 0.717) is 23.5 Å². The zero-order valence-electron chi connectivity index (χ0n) is 16.0. The van der Waals surface area contributed by atoms with E-state index >= 15 is 0 Å². The van der Waals surface area contributed by atoms with Crippen LogP contribution in [0.3, 0.4) is 0 Å². The van der Waals surface area contributed by atoms with Crippen molar-refractivity contribution in [1.29, 1.82) is 0 Å². The summed E-state index contributed by atoms with van der Waals surface area (Å²) in [5.41, 5.74) is 3.28. The number of hydrogen-bond donors (Lipinski definition) is 1. The van der Waals surface area contributed by atoms with Gasteiger partial charge in [-0.1, -0.05) is 37.3 Å². The first-order chi connectivity index (χ1) is 13.0. The number of halogens is 1. The van der Waals surface area contributed by atoms with E-state index in [1.807, 2.05) is 24.3 Å². The van der Waals surface area contributed by atoms with Gasteiger partial charge < -0.3 is 9.84 Å². The summed E-state index contributed by atoms with van der Waals surface area (Å²) in [6.07, 6.45) is 4.68. The number of benzene rings is 2. The van der Waals surface area contributed by atoms with Gasteiger partial charge in [0.15, 0.2) is 11.6 Å². The molecule has 1 saturated carbocycles. The third-order valence-electron chi connectivity index (χ3n) is 5.78. The summed E-state index contributed by atoms with van der Waals surface area (Å²) in [4.78, 5) is 10.8. The fourth-order valence-corrected chi connectivity index (χ4v) is 4.29. The molecule has 3 nitrogen and oxygen atoms in total. The quantitative estimate of drug-likeness (QED) is 0.696. The molecule has 1 aliphatic rings. The fraction of sp³-hybridized carbons (Fsp3) is 0.435. The van der Waals surface area contributed by atoms with Crippen LogP contribution in [0.1, 0.15) is 61.1 Å². The van der Waals surface area contributed by atoms with Crippen LogP contribution in [0, 0.1) is 11.7 Å². The number of hydrogen-bond acceptors (Lipinski definition) is 2. The Morgan fingerprint density at radius 1 is 1.22 bits per heavy atom. The van der Waals surface area contributed by atoms with Gasteiger partial charge in [0.25, 0.3) is 0 Å². The zero-order valence-corrected chi connectivity index (χ0v) is 16.0. The van der Waals surface area contributed by atoms with Crippen LogP contribution < -0.4 is 4.74 Å². The van der Waals surface area contributed by atoms with E-state index in [9.17, 15) is 9.18 Å². The Bertz CT molecular complexity index is 785. The molecule has 0 aromatic heterocycles. The Morgan fingerprint density at radius 3 is 2.63 bits per heavy atom. The normalized spacial score (nSPS) is 20.4. The first kappa shape index (κ1) is 19.4. The highest BCUT2D eigenvalue weighted by molar-refractivity contribution is 5.70. The van der Waals surface area contributed by atoms with E-state index in [-0.39, 0.29) is 12.2 Å². The number of ether oxygens (including phenoxy) is 1. The average Bonchev–Trinajstić information content (AvgIpc) is 3.10. The van der Waals surface area contributed by atoms with Crippen LogP contribution in [0.15, 0.2) is 42.5 Å². The van der Waals surface area contributed by atoms with E-state index in [1.165, 1.54) is 31.6 Å². The summed E-state index contributed by atoms with van der Waals surface area (Å²) in [7, 11) is 1.50. The first-order valence-electron chi connectivity index (χ1n) is 9.60. The molecular weight excluding hydrogens is 343 g/mol. The summed E-state index contributed by atoms with van der Waals surface area (Å²) in [6.45, 7) is 2.20. The van der Waals surface area contributed by atoms with Crippen LogP contribution in [0.4, 0.5) is 4.39 Å². The van der Waals surface area contributed by atoms with Crippen LogP contribution in [0.5, 0.6) is 5.75 Å². The molecule has 1 fully saturated rings. The van der Waals surface area contributed by atoms with Crippen LogP contribution in [-0.2, 0) is 11.2 Å². The Hall–Kier alpha value is -2.36. The molecule has 3 atom stereocenters. The predicted molar refractivity (Wildman–Crippen MR) is 104 cm³/mol. The molecule has 0 spiro atoms. The van der Waals surface area contributed by atoms with Crippen molar-refractivity contribution >= 4 is 5.97 Å². The minimum Gasteiger partial charge on any atom is -0.494 e. The number of aliphatic carboxylic acids is 1. The van der Waals surface area contributed by atoms with Crippen LogP contribution in [0.25, 0.3) is 0 Å². The second-order valence-electron chi connectivity index (χ2n) is 7.72. The van der Waals surface area contributed by atoms with E-state index in [4.69, 9.17) is 9.84 Å². The largest absolute Gasteiger partial charge is 0.494 e. The molecule has 1 aliphatic carbocycles. The maximum absolute atomic E-state index is 13.6. The van der Waals surface area contributed by atoms with Gasteiger partial charge in [0.2, 0.25) is 0 Å². The topological polar surface area (TPSA) is 46.5 Å². The lowest BCUT2D eigenvalue weighted by Gasteiger charge is -2.18. The molecule has 1 N–H and O–H groups in total. The van der Waals surface area contributed by atoms with Crippen molar-refractivity contribution in [2.24, 2.45) is 5.92 Å². The maximum Gasteiger partial charge on any atom is 0.307 e. The molecule has 2 aromatic carbocycles.